The minimum Gasteiger partial charge on any atom is -0.497 e. The van der Waals surface area contributed by atoms with E-state index in [2.05, 4.69) is 10.6 Å². The molecule has 0 heterocycles. The van der Waals surface area contributed by atoms with E-state index in [-0.39, 0.29) is 18.3 Å². The molecule has 0 unspecified atom stereocenters. The number of ether oxygens (including phenoxy) is 1. The number of carbonyl (C=O) groups excluding carboxylic acids is 1. The average Bonchev–Trinajstić information content (AvgIpc) is 2.41. The predicted molar refractivity (Wildman–Crippen MR) is 80.1 cm³/mol. The van der Waals surface area contributed by atoms with Gasteiger partial charge in [-0.2, -0.15) is 0 Å². The molecule has 1 aromatic rings. The third-order valence-corrected chi connectivity index (χ3v) is 2.70. The monoisotopic (exact) mass is 286 g/mol. The first-order chi connectivity index (χ1) is 8.76. The van der Waals surface area contributed by atoms with Crippen molar-refractivity contribution in [2.75, 3.05) is 27.2 Å². The summed E-state index contributed by atoms with van der Waals surface area (Å²) in [5, 5.41) is 5.95. The first kappa shape index (κ1) is 17.7. The molecule has 4 nitrogen and oxygen atoms in total. The van der Waals surface area contributed by atoms with Gasteiger partial charge < -0.3 is 15.4 Å². The summed E-state index contributed by atoms with van der Waals surface area (Å²) in [5.74, 6) is 0.941. The van der Waals surface area contributed by atoms with E-state index in [1.165, 1.54) is 0 Å². The Hall–Kier alpha value is -1.26. The van der Waals surface area contributed by atoms with Crippen molar-refractivity contribution in [3.8, 4) is 5.75 Å². The van der Waals surface area contributed by atoms with Gasteiger partial charge in [0.05, 0.1) is 7.11 Å². The zero-order valence-electron chi connectivity index (χ0n) is 11.6. The third-order valence-electron chi connectivity index (χ3n) is 2.70. The number of rotatable bonds is 8. The number of hydrogen-bond donors (Lipinski definition) is 2. The van der Waals surface area contributed by atoms with Crippen molar-refractivity contribution in [2.24, 2.45) is 0 Å². The molecule has 1 rings (SSSR count). The fourth-order valence-electron chi connectivity index (χ4n) is 1.67. The summed E-state index contributed by atoms with van der Waals surface area (Å²) in [6, 6.07) is 7.82. The minimum atomic E-state index is 0. The zero-order valence-corrected chi connectivity index (χ0v) is 12.4. The van der Waals surface area contributed by atoms with Gasteiger partial charge in [-0.25, -0.2) is 0 Å². The lowest BCUT2D eigenvalue weighted by Gasteiger charge is -2.06. The summed E-state index contributed by atoms with van der Waals surface area (Å²) >= 11 is 0. The number of hydrogen-bond acceptors (Lipinski definition) is 3. The highest BCUT2D eigenvalue weighted by Gasteiger charge is 2.02. The SMILES string of the molecule is CNCCCNC(=O)CCc1cccc(OC)c1.Cl. The first-order valence-electron chi connectivity index (χ1n) is 6.30. The number of benzene rings is 1. The van der Waals surface area contributed by atoms with Crippen LogP contribution in [0.1, 0.15) is 18.4 Å². The smallest absolute Gasteiger partial charge is 0.220 e. The Kier molecular flexibility index (Phi) is 9.94. The Balaban J connectivity index is 0.00000324. The van der Waals surface area contributed by atoms with Crippen LogP contribution in [0.5, 0.6) is 5.75 Å². The van der Waals surface area contributed by atoms with Crippen LogP contribution in [0.4, 0.5) is 0 Å². The molecular formula is C14H23ClN2O2. The van der Waals surface area contributed by atoms with Gasteiger partial charge in [0.15, 0.2) is 0 Å². The van der Waals surface area contributed by atoms with Gasteiger partial charge in [-0.15, -0.1) is 12.4 Å². The van der Waals surface area contributed by atoms with Crippen LogP contribution in [0.3, 0.4) is 0 Å². The Morgan fingerprint density at radius 3 is 2.79 bits per heavy atom. The van der Waals surface area contributed by atoms with Crippen molar-refractivity contribution in [2.45, 2.75) is 19.3 Å². The van der Waals surface area contributed by atoms with Gasteiger partial charge in [0.25, 0.3) is 0 Å². The summed E-state index contributed by atoms with van der Waals surface area (Å²) in [5.41, 5.74) is 1.12. The van der Waals surface area contributed by atoms with Crippen molar-refractivity contribution in [3.05, 3.63) is 29.8 Å². The summed E-state index contributed by atoms with van der Waals surface area (Å²) in [4.78, 5) is 11.6. The summed E-state index contributed by atoms with van der Waals surface area (Å²) < 4.78 is 5.15. The third kappa shape index (κ3) is 7.70. The van der Waals surface area contributed by atoms with Crippen LogP contribution in [0.25, 0.3) is 0 Å². The lowest BCUT2D eigenvalue weighted by molar-refractivity contribution is -0.121. The van der Waals surface area contributed by atoms with Crippen molar-refractivity contribution in [3.63, 3.8) is 0 Å². The molecule has 0 aliphatic rings. The standard InChI is InChI=1S/C14H22N2O2.ClH/c1-15-9-4-10-16-14(17)8-7-12-5-3-6-13(11-12)18-2;/h3,5-6,11,15H,4,7-10H2,1-2H3,(H,16,17);1H. The Labute approximate surface area is 121 Å². The molecular weight excluding hydrogens is 264 g/mol. The molecule has 0 bridgehead atoms. The highest BCUT2D eigenvalue weighted by molar-refractivity contribution is 5.85. The minimum absolute atomic E-state index is 0. The second kappa shape index (κ2) is 10.6. The Bertz CT molecular complexity index is 372. The number of methoxy groups -OCH3 is 1. The Morgan fingerprint density at radius 1 is 1.32 bits per heavy atom. The van der Waals surface area contributed by atoms with Gasteiger partial charge >= 0.3 is 0 Å². The second-order valence-electron chi connectivity index (χ2n) is 4.16. The van der Waals surface area contributed by atoms with Gasteiger partial charge in [-0.1, -0.05) is 12.1 Å². The molecule has 0 radical (unpaired) electrons. The van der Waals surface area contributed by atoms with E-state index >= 15 is 0 Å². The van der Waals surface area contributed by atoms with Crippen LogP contribution in [0.2, 0.25) is 0 Å². The van der Waals surface area contributed by atoms with Crippen LogP contribution < -0.4 is 15.4 Å². The first-order valence-corrected chi connectivity index (χ1v) is 6.30. The van der Waals surface area contributed by atoms with Gasteiger partial charge in [0, 0.05) is 13.0 Å². The zero-order chi connectivity index (χ0) is 13.2. The fraction of sp³-hybridized carbons (Fsp3) is 0.500. The number of carbonyl (C=O) groups is 1. The van der Waals surface area contributed by atoms with Crippen LogP contribution in [-0.4, -0.2) is 33.2 Å². The van der Waals surface area contributed by atoms with Gasteiger partial charge in [-0.3, -0.25) is 4.79 Å². The average molecular weight is 287 g/mol. The van der Waals surface area contributed by atoms with Crippen molar-refractivity contribution in [1.29, 1.82) is 0 Å². The van der Waals surface area contributed by atoms with Crippen LogP contribution in [-0.2, 0) is 11.2 Å². The molecule has 1 aromatic carbocycles. The van der Waals surface area contributed by atoms with Crippen LogP contribution in [0, 0.1) is 0 Å². The van der Waals surface area contributed by atoms with Gasteiger partial charge in [0.2, 0.25) is 5.91 Å². The second-order valence-corrected chi connectivity index (χ2v) is 4.16. The van der Waals surface area contributed by atoms with E-state index in [9.17, 15) is 4.79 Å². The summed E-state index contributed by atoms with van der Waals surface area (Å²) in [6.07, 6.45) is 2.23. The van der Waals surface area contributed by atoms with Gasteiger partial charge in [-0.05, 0) is 44.1 Å². The quantitative estimate of drug-likeness (QED) is 0.716. The van der Waals surface area contributed by atoms with Crippen LogP contribution in [0.15, 0.2) is 24.3 Å². The molecule has 0 spiro atoms. The molecule has 0 fully saturated rings. The molecule has 1 amide bonds. The van der Waals surface area contributed by atoms with Crippen molar-refractivity contribution >= 4 is 18.3 Å². The van der Waals surface area contributed by atoms with E-state index in [1.807, 2.05) is 31.3 Å². The molecule has 2 N–H and O–H groups in total. The summed E-state index contributed by atoms with van der Waals surface area (Å²) in [7, 11) is 3.55. The highest BCUT2D eigenvalue weighted by Crippen LogP contribution is 2.13. The van der Waals surface area contributed by atoms with E-state index in [0.29, 0.717) is 6.42 Å². The molecule has 0 atom stereocenters. The summed E-state index contributed by atoms with van der Waals surface area (Å²) in [6.45, 7) is 1.66. The van der Waals surface area contributed by atoms with E-state index in [0.717, 1.165) is 37.2 Å². The molecule has 0 aromatic heterocycles. The lowest BCUT2D eigenvalue weighted by atomic mass is 10.1. The maximum atomic E-state index is 11.6. The maximum Gasteiger partial charge on any atom is 0.220 e. The van der Waals surface area contributed by atoms with E-state index < -0.39 is 0 Å². The molecule has 5 heteroatoms. The largest absolute Gasteiger partial charge is 0.497 e. The molecule has 0 saturated carbocycles. The molecule has 0 aliphatic heterocycles. The maximum absolute atomic E-state index is 11.6. The van der Waals surface area contributed by atoms with Crippen LogP contribution >= 0.6 is 12.4 Å². The number of aryl methyl sites for hydroxylation is 1. The normalized spacial score (nSPS) is 9.58. The lowest BCUT2D eigenvalue weighted by Crippen LogP contribution is -2.26. The van der Waals surface area contributed by atoms with Crippen molar-refractivity contribution in [1.82, 2.24) is 10.6 Å². The number of nitrogens with one attached hydrogen (secondary N) is 2. The van der Waals surface area contributed by atoms with E-state index in [1.54, 1.807) is 7.11 Å². The topological polar surface area (TPSA) is 50.4 Å². The number of halogens is 1. The molecule has 19 heavy (non-hydrogen) atoms. The Morgan fingerprint density at radius 2 is 2.11 bits per heavy atom. The predicted octanol–water partition coefficient (Wildman–Crippen LogP) is 1.78. The van der Waals surface area contributed by atoms with Crippen molar-refractivity contribution < 1.29 is 9.53 Å². The van der Waals surface area contributed by atoms with E-state index in [4.69, 9.17) is 4.74 Å². The molecule has 108 valence electrons. The highest BCUT2D eigenvalue weighted by atomic mass is 35.5. The number of amides is 1. The molecule has 0 aliphatic carbocycles. The molecule has 0 saturated heterocycles. The van der Waals surface area contributed by atoms with Gasteiger partial charge in [0.1, 0.15) is 5.75 Å². The fourth-order valence-corrected chi connectivity index (χ4v) is 1.67.